The average Bonchev–Trinajstić information content (AvgIpc) is 3.31. The highest BCUT2D eigenvalue weighted by Gasteiger charge is 2.34. The lowest BCUT2D eigenvalue weighted by Crippen LogP contribution is -2.50. The molecular weight excluding hydrogens is 439 g/mol. The van der Waals surface area contributed by atoms with Gasteiger partial charge in [0.2, 0.25) is 0 Å². The predicted molar refractivity (Wildman–Crippen MR) is 112 cm³/mol. The summed E-state index contributed by atoms with van der Waals surface area (Å²) < 4.78 is 40.1. The third kappa shape index (κ3) is 4.48. The summed E-state index contributed by atoms with van der Waals surface area (Å²) in [6.45, 7) is 2.89. The second-order valence-corrected chi connectivity index (χ2v) is 9.13. The molecule has 1 N–H and O–H groups in total. The van der Waals surface area contributed by atoms with E-state index in [1.807, 2.05) is 4.90 Å². The van der Waals surface area contributed by atoms with Crippen molar-refractivity contribution in [3.05, 3.63) is 33.2 Å². The number of nitrogens with one attached hydrogen (secondary N) is 1. The number of alkyl halides is 3. The Hall–Kier alpha value is -1.71. The number of hydrogen-bond acceptors (Lipinski definition) is 5. The maximum absolute atomic E-state index is 13.4. The van der Waals surface area contributed by atoms with E-state index in [2.05, 4.69) is 10.2 Å². The van der Waals surface area contributed by atoms with Gasteiger partial charge in [-0.2, -0.15) is 13.2 Å². The maximum Gasteiger partial charge on any atom is 0.416 e. The summed E-state index contributed by atoms with van der Waals surface area (Å²) in [7, 11) is 0. The highest BCUT2D eigenvalue weighted by Crippen LogP contribution is 2.40. The van der Waals surface area contributed by atoms with Crippen molar-refractivity contribution in [2.75, 3.05) is 31.1 Å². The van der Waals surface area contributed by atoms with Crippen LogP contribution in [0.15, 0.2) is 17.0 Å². The second-order valence-electron chi connectivity index (χ2n) is 7.71. The molecule has 4 rings (SSSR count). The lowest BCUT2D eigenvalue weighted by Gasteiger charge is -2.40. The van der Waals surface area contributed by atoms with Crippen LogP contribution in [0.1, 0.15) is 36.8 Å². The van der Waals surface area contributed by atoms with Crippen molar-refractivity contribution in [3.8, 4) is 0 Å². The maximum atomic E-state index is 13.4. The quantitative estimate of drug-likeness (QED) is 0.661. The number of benzene rings is 1. The highest BCUT2D eigenvalue weighted by atomic mass is 35.5. The summed E-state index contributed by atoms with van der Waals surface area (Å²) in [5.41, 5.74) is -0.227. The van der Waals surface area contributed by atoms with Crippen LogP contribution in [-0.2, 0) is 11.0 Å². The van der Waals surface area contributed by atoms with Crippen LogP contribution >= 0.6 is 23.4 Å². The molecule has 0 radical (unpaired) electrons. The van der Waals surface area contributed by atoms with Crippen molar-refractivity contribution in [2.45, 2.75) is 37.9 Å². The lowest BCUT2D eigenvalue weighted by molar-refractivity contribution is -0.137. The first-order valence-corrected chi connectivity index (χ1v) is 11.1. The Balaban J connectivity index is 1.66. The number of carbonyl (C=O) groups is 2. The standard InChI is InChI=1S/C20H21ClF3N3O2S/c21-15-11-13(20(22,23)24)9-12(10-16-18(28)25-19(29)30-16)17(15)27-7-5-26(6-8-27)14-3-1-2-4-14/h9-11,14H,1-8H2,(H,25,28,29)/b16-10-. The topological polar surface area (TPSA) is 52.7 Å². The zero-order chi connectivity index (χ0) is 21.5. The van der Waals surface area contributed by atoms with Gasteiger partial charge in [-0.3, -0.25) is 19.8 Å². The fourth-order valence-electron chi connectivity index (χ4n) is 4.37. The molecule has 162 valence electrons. The average molecular weight is 460 g/mol. The van der Waals surface area contributed by atoms with E-state index in [4.69, 9.17) is 11.6 Å². The molecule has 1 aliphatic carbocycles. The molecule has 2 amide bonds. The minimum atomic E-state index is -4.57. The molecule has 2 aliphatic heterocycles. The molecule has 0 aromatic heterocycles. The minimum absolute atomic E-state index is 0.0132. The molecule has 2 heterocycles. The molecule has 0 bridgehead atoms. The summed E-state index contributed by atoms with van der Waals surface area (Å²) >= 11 is 7.00. The first kappa shape index (κ1) is 21.5. The molecule has 0 atom stereocenters. The Kier molecular flexibility index (Phi) is 6.05. The van der Waals surface area contributed by atoms with Gasteiger partial charge in [0.15, 0.2) is 0 Å². The summed E-state index contributed by atoms with van der Waals surface area (Å²) in [4.78, 5) is 27.9. The summed E-state index contributed by atoms with van der Waals surface area (Å²) in [5.74, 6) is -0.615. The zero-order valence-electron chi connectivity index (χ0n) is 16.1. The minimum Gasteiger partial charge on any atom is -0.367 e. The Labute approximate surface area is 181 Å². The fraction of sp³-hybridized carbons (Fsp3) is 0.500. The molecule has 1 aromatic carbocycles. The molecule has 1 saturated carbocycles. The molecular formula is C20H21ClF3N3O2S. The van der Waals surface area contributed by atoms with Gasteiger partial charge in [-0.05, 0) is 42.8 Å². The molecule has 30 heavy (non-hydrogen) atoms. The molecule has 10 heteroatoms. The monoisotopic (exact) mass is 459 g/mol. The Bertz CT molecular complexity index is 892. The van der Waals surface area contributed by atoms with Crippen LogP contribution < -0.4 is 10.2 Å². The van der Waals surface area contributed by atoms with Crippen molar-refractivity contribution in [1.82, 2.24) is 10.2 Å². The summed E-state index contributed by atoms with van der Waals surface area (Å²) in [5, 5.41) is 1.57. The van der Waals surface area contributed by atoms with Crippen LogP contribution in [0.2, 0.25) is 5.02 Å². The van der Waals surface area contributed by atoms with Crippen molar-refractivity contribution < 1.29 is 22.8 Å². The van der Waals surface area contributed by atoms with E-state index >= 15 is 0 Å². The van der Waals surface area contributed by atoms with Gasteiger partial charge in [0.1, 0.15) is 0 Å². The van der Waals surface area contributed by atoms with E-state index in [9.17, 15) is 22.8 Å². The van der Waals surface area contributed by atoms with Crippen LogP contribution in [0.4, 0.5) is 23.7 Å². The Morgan fingerprint density at radius 1 is 1.10 bits per heavy atom. The zero-order valence-corrected chi connectivity index (χ0v) is 17.7. The van der Waals surface area contributed by atoms with Crippen molar-refractivity contribution in [3.63, 3.8) is 0 Å². The number of halogens is 4. The van der Waals surface area contributed by atoms with E-state index in [1.165, 1.54) is 31.8 Å². The smallest absolute Gasteiger partial charge is 0.367 e. The number of hydrogen-bond donors (Lipinski definition) is 1. The predicted octanol–water partition coefficient (Wildman–Crippen LogP) is 4.75. The van der Waals surface area contributed by atoms with Gasteiger partial charge in [-0.25, -0.2) is 0 Å². The fourth-order valence-corrected chi connectivity index (χ4v) is 5.39. The first-order valence-electron chi connectivity index (χ1n) is 9.87. The van der Waals surface area contributed by atoms with E-state index < -0.39 is 22.9 Å². The Morgan fingerprint density at radius 3 is 2.33 bits per heavy atom. The lowest BCUT2D eigenvalue weighted by atomic mass is 10.0. The van der Waals surface area contributed by atoms with Crippen LogP contribution in [0, 0.1) is 0 Å². The third-order valence-corrected chi connectivity index (χ3v) is 6.92. The van der Waals surface area contributed by atoms with Gasteiger partial charge in [0, 0.05) is 37.8 Å². The number of nitrogens with zero attached hydrogens (tertiary/aromatic N) is 2. The molecule has 3 aliphatic rings. The number of anilines is 1. The molecule has 0 unspecified atom stereocenters. The van der Waals surface area contributed by atoms with Gasteiger partial charge >= 0.3 is 6.18 Å². The third-order valence-electron chi connectivity index (χ3n) is 5.82. The van der Waals surface area contributed by atoms with Crippen LogP contribution in [0.25, 0.3) is 6.08 Å². The van der Waals surface area contributed by atoms with Gasteiger partial charge < -0.3 is 4.90 Å². The number of thioether (sulfide) groups is 1. The summed E-state index contributed by atoms with van der Waals surface area (Å²) in [6.07, 6.45) is 1.62. The van der Waals surface area contributed by atoms with Gasteiger partial charge in [-0.1, -0.05) is 24.4 Å². The summed E-state index contributed by atoms with van der Waals surface area (Å²) in [6, 6.07) is 2.50. The largest absolute Gasteiger partial charge is 0.416 e. The van der Waals surface area contributed by atoms with Crippen molar-refractivity contribution in [1.29, 1.82) is 0 Å². The van der Waals surface area contributed by atoms with Gasteiger partial charge in [-0.15, -0.1) is 0 Å². The van der Waals surface area contributed by atoms with Crippen molar-refractivity contribution >= 4 is 46.3 Å². The normalized spacial score (nSPS) is 22.9. The number of amides is 2. The number of piperazine rings is 1. The number of carbonyl (C=O) groups excluding carboxylic acids is 2. The van der Waals surface area contributed by atoms with Gasteiger partial charge in [0.05, 0.1) is 21.2 Å². The van der Waals surface area contributed by atoms with E-state index in [-0.39, 0.29) is 15.5 Å². The van der Waals surface area contributed by atoms with Crippen LogP contribution in [-0.4, -0.2) is 48.3 Å². The SMILES string of the molecule is O=C1NC(=O)/C(=C/c2cc(C(F)(F)F)cc(Cl)c2N2CCN(C3CCCC3)CC2)S1. The van der Waals surface area contributed by atoms with E-state index in [0.29, 0.717) is 36.6 Å². The van der Waals surface area contributed by atoms with Crippen LogP contribution in [0.5, 0.6) is 0 Å². The van der Waals surface area contributed by atoms with E-state index in [0.717, 1.165) is 25.2 Å². The molecule has 0 spiro atoms. The van der Waals surface area contributed by atoms with Crippen molar-refractivity contribution in [2.24, 2.45) is 0 Å². The van der Waals surface area contributed by atoms with Crippen LogP contribution in [0.3, 0.4) is 0 Å². The Morgan fingerprint density at radius 2 is 1.77 bits per heavy atom. The van der Waals surface area contributed by atoms with E-state index in [1.54, 1.807) is 0 Å². The molecule has 5 nitrogen and oxygen atoms in total. The van der Waals surface area contributed by atoms with Gasteiger partial charge in [0.25, 0.3) is 11.1 Å². The molecule has 1 aromatic rings. The highest BCUT2D eigenvalue weighted by molar-refractivity contribution is 8.18. The second kappa shape index (κ2) is 8.43. The molecule has 2 saturated heterocycles. The first-order chi connectivity index (χ1) is 14.2. The number of imide groups is 1. The number of rotatable bonds is 3. The molecule has 3 fully saturated rings.